The van der Waals surface area contributed by atoms with Gasteiger partial charge in [-0.1, -0.05) is 62.4 Å². The molecule has 7 heteroatoms. The van der Waals surface area contributed by atoms with Crippen LogP contribution in [0.5, 0.6) is 0 Å². The van der Waals surface area contributed by atoms with Gasteiger partial charge in [0.25, 0.3) is 0 Å². The van der Waals surface area contributed by atoms with Gasteiger partial charge in [0.2, 0.25) is 5.91 Å². The van der Waals surface area contributed by atoms with Crippen LogP contribution in [0.15, 0.2) is 48.5 Å². The summed E-state index contributed by atoms with van der Waals surface area (Å²) in [5, 5.41) is 14.2. The second-order valence-electron chi connectivity index (χ2n) is 8.99. The minimum Gasteiger partial charge on any atom is -0.481 e. The lowest BCUT2D eigenvalue weighted by Gasteiger charge is -2.23. The van der Waals surface area contributed by atoms with Gasteiger partial charge in [-0.15, -0.1) is 0 Å². The van der Waals surface area contributed by atoms with E-state index in [1.54, 1.807) is 0 Å². The second-order valence-corrected chi connectivity index (χ2v) is 8.99. The van der Waals surface area contributed by atoms with Crippen LogP contribution in [0.25, 0.3) is 11.1 Å². The SMILES string of the molecule is CC(C)(CCNC(=O)OCC1c2ccccc2-c2ccccc21)C(=O)NCCCCC(=O)O. The van der Waals surface area contributed by atoms with Crippen molar-refractivity contribution in [3.8, 4) is 11.1 Å². The fourth-order valence-electron chi connectivity index (χ4n) is 4.08. The number of hydrogen-bond donors (Lipinski definition) is 3. The molecule has 2 aromatic rings. The lowest BCUT2D eigenvalue weighted by Crippen LogP contribution is -2.40. The van der Waals surface area contributed by atoms with E-state index in [0.717, 1.165) is 11.1 Å². The molecule has 0 fully saturated rings. The van der Waals surface area contributed by atoms with Crippen molar-refractivity contribution in [1.29, 1.82) is 0 Å². The van der Waals surface area contributed by atoms with E-state index in [4.69, 9.17) is 9.84 Å². The second kappa shape index (κ2) is 11.0. The van der Waals surface area contributed by atoms with E-state index in [2.05, 4.69) is 34.9 Å². The monoisotopic (exact) mass is 452 g/mol. The number of benzene rings is 2. The van der Waals surface area contributed by atoms with Crippen LogP contribution in [0.3, 0.4) is 0 Å². The Morgan fingerprint density at radius 3 is 2.12 bits per heavy atom. The summed E-state index contributed by atoms with van der Waals surface area (Å²) in [6, 6.07) is 16.3. The number of carboxylic acid groups (broad SMARTS) is 1. The number of unbranched alkanes of at least 4 members (excludes halogenated alkanes) is 1. The summed E-state index contributed by atoms with van der Waals surface area (Å²) in [7, 11) is 0. The fraction of sp³-hybridized carbons (Fsp3) is 0.423. The molecule has 0 unspecified atom stereocenters. The first-order chi connectivity index (χ1) is 15.8. The Hall–Kier alpha value is -3.35. The Labute approximate surface area is 194 Å². The van der Waals surface area contributed by atoms with Crippen LogP contribution in [-0.2, 0) is 14.3 Å². The Bertz CT molecular complexity index is 956. The molecule has 0 saturated heterocycles. The minimum atomic E-state index is -0.832. The molecule has 2 aromatic carbocycles. The zero-order chi connectivity index (χ0) is 23.8. The molecule has 0 saturated carbocycles. The maximum Gasteiger partial charge on any atom is 0.407 e. The molecule has 1 aliphatic carbocycles. The molecule has 0 aromatic heterocycles. The quantitative estimate of drug-likeness (QED) is 0.441. The lowest BCUT2D eigenvalue weighted by atomic mass is 9.88. The van der Waals surface area contributed by atoms with Crippen LogP contribution in [-0.4, -0.2) is 42.8 Å². The van der Waals surface area contributed by atoms with Crippen molar-refractivity contribution >= 4 is 18.0 Å². The number of aliphatic carboxylic acids is 1. The van der Waals surface area contributed by atoms with Crippen LogP contribution < -0.4 is 10.6 Å². The van der Waals surface area contributed by atoms with Gasteiger partial charge in [0.05, 0.1) is 0 Å². The fourth-order valence-corrected chi connectivity index (χ4v) is 4.08. The number of hydrogen-bond acceptors (Lipinski definition) is 4. The molecule has 176 valence electrons. The van der Waals surface area contributed by atoms with Gasteiger partial charge < -0.3 is 20.5 Å². The van der Waals surface area contributed by atoms with Gasteiger partial charge in [-0.3, -0.25) is 9.59 Å². The minimum absolute atomic E-state index is 0.00601. The van der Waals surface area contributed by atoms with Gasteiger partial charge in [-0.05, 0) is 41.5 Å². The summed E-state index contributed by atoms with van der Waals surface area (Å²) in [6.07, 6.45) is 1.20. The summed E-state index contributed by atoms with van der Waals surface area (Å²) in [6.45, 7) is 4.64. The molecule has 0 radical (unpaired) electrons. The highest BCUT2D eigenvalue weighted by Crippen LogP contribution is 2.44. The lowest BCUT2D eigenvalue weighted by molar-refractivity contribution is -0.137. The van der Waals surface area contributed by atoms with Crippen molar-refractivity contribution in [2.45, 2.75) is 45.4 Å². The van der Waals surface area contributed by atoms with Crippen LogP contribution in [0.1, 0.15) is 56.6 Å². The van der Waals surface area contributed by atoms with E-state index in [1.807, 2.05) is 38.1 Å². The highest BCUT2D eigenvalue weighted by molar-refractivity contribution is 5.82. The maximum absolute atomic E-state index is 12.4. The summed E-state index contributed by atoms with van der Waals surface area (Å²) >= 11 is 0. The molecule has 33 heavy (non-hydrogen) atoms. The Kier molecular flexibility index (Phi) is 8.09. The molecule has 0 bridgehead atoms. The Morgan fingerprint density at radius 1 is 0.909 bits per heavy atom. The maximum atomic E-state index is 12.4. The van der Waals surface area contributed by atoms with Crippen LogP contribution in [0.2, 0.25) is 0 Å². The van der Waals surface area contributed by atoms with E-state index in [1.165, 1.54) is 11.1 Å². The molecule has 1 aliphatic rings. The first kappa shape index (κ1) is 24.3. The predicted octanol–water partition coefficient (Wildman–Crippen LogP) is 4.31. The summed E-state index contributed by atoms with van der Waals surface area (Å²) in [4.78, 5) is 35.2. The number of nitrogens with one attached hydrogen (secondary N) is 2. The molecule has 2 amide bonds. The normalized spacial score (nSPS) is 12.5. The van der Waals surface area contributed by atoms with Crippen LogP contribution in [0.4, 0.5) is 4.79 Å². The van der Waals surface area contributed by atoms with E-state index in [0.29, 0.717) is 32.4 Å². The average Bonchev–Trinajstić information content (AvgIpc) is 3.11. The van der Waals surface area contributed by atoms with Crippen LogP contribution in [0, 0.1) is 5.41 Å². The largest absolute Gasteiger partial charge is 0.481 e. The molecular weight excluding hydrogens is 420 g/mol. The molecule has 0 atom stereocenters. The van der Waals surface area contributed by atoms with E-state index in [-0.39, 0.29) is 24.9 Å². The highest BCUT2D eigenvalue weighted by Gasteiger charge is 2.30. The number of amides is 2. The van der Waals surface area contributed by atoms with Gasteiger partial charge in [0.15, 0.2) is 0 Å². The van der Waals surface area contributed by atoms with Crippen molar-refractivity contribution in [1.82, 2.24) is 10.6 Å². The van der Waals surface area contributed by atoms with Crippen molar-refractivity contribution < 1.29 is 24.2 Å². The Morgan fingerprint density at radius 2 is 1.52 bits per heavy atom. The highest BCUT2D eigenvalue weighted by atomic mass is 16.5. The number of ether oxygens (including phenoxy) is 1. The number of rotatable bonds is 11. The molecule has 3 rings (SSSR count). The molecule has 7 nitrogen and oxygen atoms in total. The number of carbonyl (C=O) groups is 3. The third-order valence-corrected chi connectivity index (χ3v) is 6.08. The summed E-state index contributed by atoms with van der Waals surface area (Å²) in [5.74, 6) is -0.945. The number of alkyl carbamates (subject to hydrolysis) is 1. The number of carboxylic acids is 1. The van der Waals surface area contributed by atoms with E-state index in [9.17, 15) is 14.4 Å². The van der Waals surface area contributed by atoms with Gasteiger partial charge >= 0.3 is 12.1 Å². The number of fused-ring (bicyclic) bond motifs is 3. The molecule has 0 aliphatic heterocycles. The standard InChI is InChI=1S/C26H32N2O5/c1-26(2,24(31)27-15-8-7-13-23(29)30)14-16-28-25(32)33-17-22-20-11-5-3-9-18(20)19-10-4-6-12-21(19)22/h3-6,9-12,22H,7-8,13-17H2,1-2H3,(H,27,31)(H,28,32)(H,29,30). The first-order valence-electron chi connectivity index (χ1n) is 11.4. The molecule has 0 heterocycles. The molecule has 0 spiro atoms. The molecular formula is C26H32N2O5. The van der Waals surface area contributed by atoms with Gasteiger partial charge in [0, 0.05) is 30.8 Å². The van der Waals surface area contributed by atoms with E-state index >= 15 is 0 Å². The van der Waals surface area contributed by atoms with Crippen molar-refractivity contribution in [3.05, 3.63) is 59.7 Å². The summed E-state index contributed by atoms with van der Waals surface area (Å²) < 4.78 is 5.53. The van der Waals surface area contributed by atoms with Gasteiger partial charge in [0.1, 0.15) is 6.61 Å². The van der Waals surface area contributed by atoms with Crippen molar-refractivity contribution in [3.63, 3.8) is 0 Å². The Balaban J connectivity index is 1.42. The molecule has 3 N–H and O–H groups in total. The average molecular weight is 453 g/mol. The number of carbonyl (C=O) groups excluding carboxylic acids is 2. The smallest absolute Gasteiger partial charge is 0.407 e. The van der Waals surface area contributed by atoms with Crippen molar-refractivity contribution in [2.24, 2.45) is 5.41 Å². The van der Waals surface area contributed by atoms with E-state index < -0.39 is 17.5 Å². The summed E-state index contributed by atoms with van der Waals surface area (Å²) in [5.41, 5.74) is 4.01. The van der Waals surface area contributed by atoms with Crippen molar-refractivity contribution in [2.75, 3.05) is 19.7 Å². The van der Waals surface area contributed by atoms with Gasteiger partial charge in [-0.25, -0.2) is 4.79 Å². The van der Waals surface area contributed by atoms with Crippen LogP contribution >= 0.6 is 0 Å². The first-order valence-corrected chi connectivity index (χ1v) is 11.4. The van der Waals surface area contributed by atoms with Gasteiger partial charge in [-0.2, -0.15) is 0 Å². The predicted molar refractivity (Wildman–Crippen MR) is 126 cm³/mol. The third kappa shape index (κ3) is 6.34. The third-order valence-electron chi connectivity index (χ3n) is 6.08. The topological polar surface area (TPSA) is 105 Å². The zero-order valence-corrected chi connectivity index (χ0v) is 19.2. The zero-order valence-electron chi connectivity index (χ0n) is 19.2.